The molecule has 4 amide bonds. The van der Waals surface area contributed by atoms with Crippen LogP contribution in [0.2, 0.25) is 0 Å². The summed E-state index contributed by atoms with van der Waals surface area (Å²) in [5, 5.41) is 8.77. The summed E-state index contributed by atoms with van der Waals surface area (Å²) in [5.41, 5.74) is 6.59. The minimum Gasteiger partial charge on any atom is -0.307 e. The zero-order valence-electron chi connectivity index (χ0n) is 17.3. The highest BCUT2D eigenvalue weighted by molar-refractivity contribution is 7.14. The second-order valence-corrected chi connectivity index (χ2v) is 7.78. The van der Waals surface area contributed by atoms with Crippen LogP contribution in [0.5, 0.6) is 0 Å². The van der Waals surface area contributed by atoms with E-state index in [9.17, 15) is 9.59 Å². The van der Waals surface area contributed by atoms with Gasteiger partial charge in [0.25, 0.3) is 0 Å². The number of aryl methyl sites for hydroxylation is 1. The Morgan fingerprint density at radius 2 is 1.41 bits per heavy atom. The third kappa shape index (κ3) is 5.30. The van der Waals surface area contributed by atoms with Crippen molar-refractivity contribution in [2.24, 2.45) is 0 Å². The highest BCUT2D eigenvalue weighted by Crippen LogP contribution is 2.27. The molecule has 0 radical (unpaired) electrons. The lowest BCUT2D eigenvalue weighted by atomic mass is 10.1. The Kier molecular flexibility index (Phi) is 6.43. The number of urea groups is 2. The maximum Gasteiger partial charge on any atom is 0.347 e. The number of thiazole rings is 1. The quantitative estimate of drug-likeness (QED) is 0.344. The molecule has 0 aliphatic carbocycles. The molecule has 0 aliphatic heterocycles. The summed E-state index contributed by atoms with van der Waals surface area (Å²) in [7, 11) is 0. The highest BCUT2D eigenvalue weighted by Gasteiger charge is 2.22. The van der Waals surface area contributed by atoms with Gasteiger partial charge in [0.1, 0.15) is 0 Å². The first-order chi connectivity index (χ1) is 15.6. The second kappa shape index (κ2) is 9.76. The second-order valence-electron chi connectivity index (χ2n) is 6.94. The summed E-state index contributed by atoms with van der Waals surface area (Å²) in [5.74, 6) is 0. The zero-order chi connectivity index (χ0) is 22.3. The normalized spacial score (nSPS) is 10.3. The summed E-state index contributed by atoms with van der Waals surface area (Å²) >= 11 is 1.26. The lowest BCUT2D eigenvalue weighted by Crippen LogP contribution is -2.50. The lowest BCUT2D eigenvalue weighted by Gasteiger charge is -2.21. The van der Waals surface area contributed by atoms with Crippen LogP contribution in [0.3, 0.4) is 0 Å². The average Bonchev–Trinajstić information content (AvgIpc) is 3.29. The van der Waals surface area contributed by atoms with Crippen molar-refractivity contribution in [1.29, 1.82) is 0 Å². The molecule has 1 aromatic heterocycles. The van der Waals surface area contributed by atoms with E-state index in [0.717, 1.165) is 16.1 Å². The Morgan fingerprint density at radius 3 is 2.03 bits per heavy atom. The first-order valence-corrected chi connectivity index (χ1v) is 10.8. The number of para-hydroxylation sites is 2. The van der Waals surface area contributed by atoms with Gasteiger partial charge in [0.15, 0.2) is 0 Å². The van der Waals surface area contributed by atoms with E-state index < -0.39 is 12.1 Å². The predicted molar refractivity (Wildman–Crippen MR) is 129 cm³/mol. The number of benzene rings is 3. The van der Waals surface area contributed by atoms with Crippen molar-refractivity contribution in [3.63, 3.8) is 0 Å². The standard InChI is InChI=1S/C24H21N5O2S/c1-17-12-14-18(15-13-17)21-16-32-24(27-21)29(23(31)26-20-10-6-3-7-11-20)28-22(30)25-19-8-4-2-5-9-19/h2-16H,1H3,(H,26,31)(H2,25,28,30). The molecule has 0 atom stereocenters. The molecular weight excluding hydrogens is 422 g/mol. The largest absolute Gasteiger partial charge is 0.347 e. The molecule has 0 aliphatic rings. The Labute approximate surface area is 189 Å². The molecule has 7 nitrogen and oxygen atoms in total. The molecule has 32 heavy (non-hydrogen) atoms. The number of aromatic nitrogens is 1. The van der Waals surface area contributed by atoms with E-state index in [1.54, 1.807) is 24.3 Å². The molecule has 160 valence electrons. The third-order valence-electron chi connectivity index (χ3n) is 4.50. The van der Waals surface area contributed by atoms with Crippen molar-refractivity contribution in [3.8, 4) is 11.3 Å². The number of carbonyl (C=O) groups is 2. The van der Waals surface area contributed by atoms with E-state index in [4.69, 9.17) is 0 Å². The number of nitrogens with zero attached hydrogens (tertiary/aromatic N) is 2. The molecule has 3 aromatic carbocycles. The minimum absolute atomic E-state index is 0.331. The Morgan fingerprint density at radius 1 is 0.812 bits per heavy atom. The van der Waals surface area contributed by atoms with Gasteiger partial charge in [-0.05, 0) is 31.2 Å². The van der Waals surface area contributed by atoms with Gasteiger partial charge >= 0.3 is 12.1 Å². The van der Waals surface area contributed by atoms with Crippen molar-refractivity contribution >= 4 is 39.9 Å². The molecule has 0 saturated carbocycles. The fraction of sp³-hybridized carbons (Fsp3) is 0.0417. The van der Waals surface area contributed by atoms with Crippen LogP contribution in [0.4, 0.5) is 26.1 Å². The Balaban J connectivity index is 1.57. The smallest absolute Gasteiger partial charge is 0.307 e. The molecule has 0 spiro atoms. The van der Waals surface area contributed by atoms with Crippen LogP contribution < -0.4 is 21.1 Å². The topological polar surface area (TPSA) is 86.4 Å². The maximum absolute atomic E-state index is 13.0. The number of amides is 4. The van der Waals surface area contributed by atoms with Gasteiger partial charge in [-0.3, -0.25) is 0 Å². The number of nitrogens with one attached hydrogen (secondary N) is 3. The molecule has 0 unspecified atom stereocenters. The summed E-state index contributed by atoms with van der Waals surface area (Å²) in [4.78, 5) is 30.2. The van der Waals surface area contributed by atoms with Crippen LogP contribution in [-0.2, 0) is 0 Å². The number of rotatable bonds is 4. The van der Waals surface area contributed by atoms with Gasteiger partial charge in [-0.1, -0.05) is 66.2 Å². The van der Waals surface area contributed by atoms with Gasteiger partial charge in [-0.25, -0.2) is 20.0 Å². The van der Waals surface area contributed by atoms with E-state index in [-0.39, 0.29) is 0 Å². The molecule has 3 N–H and O–H groups in total. The third-order valence-corrected chi connectivity index (χ3v) is 5.33. The lowest BCUT2D eigenvalue weighted by molar-refractivity contribution is 0.243. The van der Waals surface area contributed by atoms with Crippen molar-refractivity contribution in [3.05, 3.63) is 95.9 Å². The van der Waals surface area contributed by atoms with Crippen molar-refractivity contribution in [2.75, 3.05) is 15.6 Å². The molecule has 4 rings (SSSR count). The van der Waals surface area contributed by atoms with Crippen LogP contribution in [-0.4, -0.2) is 17.0 Å². The first-order valence-electron chi connectivity index (χ1n) is 9.90. The molecular formula is C24H21N5O2S. The van der Waals surface area contributed by atoms with Gasteiger partial charge in [-0.15, -0.1) is 11.3 Å². The number of hydrogen-bond donors (Lipinski definition) is 3. The van der Waals surface area contributed by atoms with Gasteiger partial charge in [0.2, 0.25) is 5.13 Å². The van der Waals surface area contributed by atoms with E-state index in [0.29, 0.717) is 22.2 Å². The molecule has 8 heteroatoms. The summed E-state index contributed by atoms with van der Waals surface area (Å²) < 4.78 is 0. The zero-order valence-corrected chi connectivity index (χ0v) is 18.1. The fourth-order valence-corrected chi connectivity index (χ4v) is 3.68. The predicted octanol–water partition coefficient (Wildman–Crippen LogP) is 5.89. The summed E-state index contributed by atoms with van der Waals surface area (Å²) in [6, 6.07) is 24.8. The van der Waals surface area contributed by atoms with Gasteiger partial charge in [-0.2, -0.15) is 5.01 Å². The van der Waals surface area contributed by atoms with E-state index in [1.807, 2.05) is 73.0 Å². The van der Waals surface area contributed by atoms with Gasteiger partial charge < -0.3 is 10.6 Å². The maximum atomic E-state index is 13.0. The molecule has 0 saturated heterocycles. The van der Waals surface area contributed by atoms with E-state index >= 15 is 0 Å². The van der Waals surface area contributed by atoms with Crippen LogP contribution >= 0.6 is 11.3 Å². The molecule has 1 heterocycles. The van der Waals surface area contributed by atoms with Crippen molar-refractivity contribution in [1.82, 2.24) is 10.4 Å². The summed E-state index contributed by atoms with van der Waals surface area (Å²) in [6.45, 7) is 2.02. The first kappa shape index (κ1) is 21.1. The van der Waals surface area contributed by atoms with Crippen LogP contribution in [0.15, 0.2) is 90.3 Å². The Bertz CT molecular complexity index is 1190. The number of carbonyl (C=O) groups excluding carboxylic acids is 2. The van der Waals surface area contributed by atoms with Crippen molar-refractivity contribution in [2.45, 2.75) is 6.92 Å². The summed E-state index contributed by atoms with van der Waals surface area (Å²) in [6.07, 6.45) is 0. The van der Waals surface area contributed by atoms with Crippen LogP contribution in [0.25, 0.3) is 11.3 Å². The number of hydrazine groups is 1. The SMILES string of the molecule is Cc1ccc(-c2csc(N(NC(=O)Nc3ccccc3)C(=O)Nc3ccccc3)n2)cc1. The van der Waals surface area contributed by atoms with E-state index in [1.165, 1.54) is 11.3 Å². The van der Waals surface area contributed by atoms with Gasteiger partial charge in [0, 0.05) is 22.3 Å². The molecule has 0 bridgehead atoms. The highest BCUT2D eigenvalue weighted by atomic mass is 32.1. The molecule has 4 aromatic rings. The van der Waals surface area contributed by atoms with Crippen molar-refractivity contribution < 1.29 is 9.59 Å². The minimum atomic E-state index is -0.563. The van der Waals surface area contributed by atoms with Crippen LogP contribution in [0, 0.1) is 6.92 Å². The number of anilines is 3. The Hall–Kier alpha value is -4.17. The number of hydrogen-bond acceptors (Lipinski definition) is 4. The van der Waals surface area contributed by atoms with Crippen LogP contribution in [0.1, 0.15) is 5.56 Å². The van der Waals surface area contributed by atoms with E-state index in [2.05, 4.69) is 21.0 Å². The fourth-order valence-electron chi connectivity index (χ4n) is 2.89. The average molecular weight is 444 g/mol. The monoisotopic (exact) mass is 443 g/mol. The molecule has 0 fully saturated rings. The van der Waals surface area contributed by atoms with Gasteiger partial charge in [0.05, 0.1) is 5.69 Å².